The summed E-state index contributed by atoms with van der Waals surface area (Å²) in [7, 11) is 0. The van der Waals surface area contributed by atoms with Crippen molar-refractivity contribution in [2.24, 2.45) is 0 Å². The van der Waals surface area contributed by atoms with Crippen LogP contribution in [0.4, 0.5) is 0 Å². The summed E-state index contributed by atoms with van der Waals surface area (Å²) in [6.45, 7) is 0. The molecule has 78 valence electrons. The first-order chi connectivity index (χ1) is 7.84. The van der Waals surface area contributed by atoms with Crippen molar-refractivity contribution < 1.29 is 4.52 Å². The molecule has 5 nitrogen and oxygen atoms in total. The summed E-state index contributed by atoms with van der Waals surface area (Å²) in [5.74, 6) is -0.373. The Hall–Kier alpha value is -2.43. The average molecular weight is 213 g/mol. The summed E-state index contributed by atoms with van der Waals surface area (Å²) in [6.07, 6.45) is 1.60. The van der Waals surface area contributed by atoms with Gasteiger partial charge in [0.1, 0.15) is 0 Å². The van der Waals surface area contributed by atoms with E-state index < -0.39 is 5.76 Å². The van der Waals surface area contributed by atoms with Crippen molar-refractivity contribution in [2.45, 2.75) is 0 Å². The van der Waals surface area contributed by atoms with Gasteiger partial charge in [-0.3, -0.25) is 0 Å². The molecule has 3 aromatic rings. The monoisotopic (exact) mass is 213 g/mol. The van der Waals surface area contributed by atoms with Gasteiger partial charge in [0.25, 0.3) is 5.78 Å². The smallest absolute Gasteiger partial charge is 0.312 e. The van der Waals surface area contributed by atoms with Gasteiger partial charge in [0.2, 0.25) is 0 Å². The summed E-state index contributed by atoms with van der Waals surface area (Å²) in [5.41, 5.74) is 1.69. The predicted molar refractivity (Wildman–Crippen MR) is 57.0 cm³/mol. The van der Waals surface area contributed by atoms with E-state index >= 15 is 0 Å². The van der Waals surface area contributed by atoms with Gasteiger partial charge in [0.15, 0.2) is 0 Å². The van der Waals surface area contributed by atoms with Crippen LogP contribution in [0, 0.1) is 0 Å². The third-order valence-electron chi connectivity index (χ3n) is 2.25. The van der Waals surface area contributed by atoms with E-state index in [0.717, 1.165) is 11.3 Å². The van der Waals surface area contributed by atoms with Gasteiger partial charge in [-0.2, -0.15) is 0 Å². The fraction of sp³-hybridized carbons (Fsp3) is 0. The molecule has 2 heterocycles. The van der Waals surface area contributed by atoms with E-state index in [9.17, 15) is 4.79 Å². The van der Waals surface area contributed by atoms with Gasteiger partial charge in [-0.05, 0) is 6.07 Å². The van der Waals surface area contributed by atoms with Gasteiger partial charge < -0.3 is 4.52 Å². The normalized spacial score (nSPS) is 10.8. The van der Waals surface area contributed by atoms with Crippen LogP contribution < -0.4 is 5.76 Å². The maximum Gasteiger partial charge on any atom is 0.461 e. The summed E-state index contributed by atoms with van der Waals surface area (Å²) < 4.78 is 6.27. The molecule has 5 heteroatoms. The molecule has 16 heavy (non-hydrogen) atoms. The molecule has 0 aliphatic rings. The highest BCUT2D eigenvalue weighted by molar-refractivity contribution is 5.60. The zero-order valence-corrected chi connectivity index (χ0v) is 8.20. The van der Waals surface area contributed by atoms with Crippen LogP contribution in [0.1, 0.15) is 0 Å². The maximum atomic E-state index is 11.0. The second-order valence-corrected chi connectivity index (χ2v) is 3.26. The molecular formula is C11H7N3O2. The number of nitrogens with zero attached hydrogens (tertiary/aromatic N) is 3. The lowest BCUT2D eigenvalue weighted by atomic mass is 10.1. The van der Waals surface area contributed by atoms with E-state index in [1.165, 1.54) is 4.57 Å². The van der Waals surface area contributed by atoms with Crippen LogP contribution in [0.2, 0.25) is 0 Å². The second-order valence-electron chi connectivity index (χ2n) is 3.26. The fourth-order valence-electron chi connectivity index (χ4n) is 1.57. The van der Waals surface area contributed by atoms with E-state index in [2.05, 4.69) is 9.97 Å². The van der Waals surface area contributed by atoms with Crippen LogP contribution in [-0.4, -0.2) is 14.5 Å². The largest absolute Gasteiger partial charge is 0.461 e. The summed E-state index contributed by atoms with van der Waals surface area (Å²) in [5, 5.41) is 0. The standard InChI is InChI=1S/C11H7N3O2/c15-11-13-10-12-7-6-9(14(10)16-11)8-4-2-1-3-5-8/h1-7H. The van der Waals surface area contributed by atoms with E-state index in [4.69, 9.17) is 4.52 Å². The lowest BCUT2D eigenvalue weighted by Gasteiger charge is -2.01. The van der Waals surface area contributed by atoms with Crippen LogP contribution in [0.25, 0.3) is 17.0 Å². The molecule has 0 amide bonds. The Bertz CT molecular complexity index is 685. The zero-order chi connectivity index (χ0) is 11.0. The van der Waals surface area contributed by atoms with Crippen LogP contribution in [0.15, 0.2) is 51.9 Å². The van der Waals surface area contributed by atoms with Gasteiger partial charge in [-0.1, -0.05) is 30.3 Å². The van der Waals surface area contributed by atoms with Crippen molar-refractivity contribution in [2.75, 3.05) is 0 Å². The van der Waals surface area contributed by atoms with E-state index in [-0.39, 0.29) is 5.78 Å². The number of hydrogen-bond donors (Lipinski definition) is 0. The third kappa shape index (κ3) is 1.30. The molecule has 1 aromatic carbocycles. The first-order valence-electron chi connectivity index (χ1n) is 4.75. The van der Waals surface area contributed by atoms with Crippen LogP contribution in [0.5, 0.6) is 0 Å². The maximum absolute atomic E-state index is 11.0. The molecule has 0 fully saturated rings. The molecule has 0 saturated carbocycles. The Morgan fingerprint density at radius 2 is 1.94 bits per heavy atom. The number of hydrogen-bond acceptors (Lipinski definition) is 4. The van der Waals surface area contributed by atoms with E-state index in [1.807, 2.05) is 30.3 Å². The van der Waals surface area contributed by atoms with Crippen molar-refractivity contribution in [3.05, 3.63) is 53.1 Å². The van der Waals surface area contributed by atoms with Crippen LogP contribution in [0.3, 0.4) is 0 Å². The quantitative estimate of drug-likeness (QED) is 0.612. The topological polar surface area (TPSA) is 60.4 Å². The molecule has 0 spiro atoms. The Morgan fingerprint density at radius 3 is 2.75 bits per heavy atom. The molecule has 0 N–H and O–H groups in total. The highest BCUT2D eigenvalue weighted by Gasteiger charge is 2.07. The van der Waals surface area contributed by atoms with Gasteiger partial charge in [0, 0.05) is 11.8 Å². The lowest BCUT2D eigenvalue weighted by Crippen LogP contribution is -1.93. The van der Waals surface area contributed by atoms with Crippen LogP contribution in [-0.2, 0) is 0 Å². The molecule has 0 aliphatic heterocycles. The van der Waals surface area contributed by atoms with E-state index in [0.29, 0.717) is 0 Å². The predicted octanol–water partition coefficient (Wildman–Crippen LogP) is 1.35. The molecule has 0 atom stereocenters. The Morgan fingerprint density at radius 1 is 1.12 bits per heavy atom. The molecule has 2 aromatic heterocycles. The molecule has 0 bridgehead atoms. The third-order valence-corrected chi connectivity index (χ3v) is 2.25. The Labute approximate surface area is 90.0 Å². The highest BCUT2D eigenvalue weighted by atomic mass is 16.5. The average Bonchev–Trinajstić information content (AvgIpc) is 2.70. The SMILES string of the molecule is O=c1nc2nccc(-c3ccccc3)n2o1. The fourth-order valence-corrected chi connectivity index (χ4v) is 1.57. The number of rotatable bonds is 1. The van der Waals surface area contributed by atoms with Gasteiger partial charge in [-0.25, -0.2) is 9.78 Å². The van der Waals surface area contributed by atoms with Crippen molar-refractivity contribution >= 4 is 5.78 Å². The zero-order valence-electron chi connectivity index (χ0n) is 8.20. The molecular weight excluding hydrogens is 206 g/mol. The number of fused-ring (bicyclic) bond motifs is 1. The summed E-state index contributed by atoms with van der Waals surface area (Å²) in [4.78, 5) is 18.6. The molecule has 0 aliphatic carbocycles. The summed E-state index contributed by atoms with van der Waals surface area (Å²) in [6, 6.07) is 11.4. The van der Waals surface area contributed by atoms with Gasteiger partial charge in [-0.15, -0.1) is 9.56 Å². The van der Waals surface area contributed by atoms with Crippen molar-refractivity contribution in [3.63, 3.8) is 0 Å². The minimum atomic E-state index is -0.643. The van der Waals surface area contributed by atoms with Crippen molar-refractivity contribution in [1.29, 1.82) is 0 Å². The lowest BCUT2D eigenvalue weighted by molar-refractivity contribution is 0.347. The summed E-state index contributed by atoms with van der Waals surface area (Å²) >= 11 is 0. The van der Waals surface area contributed by atoms with Crippen LogP contribution >= 0.6 is 0 Å². The van der Waals surface area contributed by atoms with Crippen molar-refractivity contribution in [3.8, 4) is 11.3 Å². The minimum Gasteiger partial charge on any atom is -0.312 e. The molecule has 0 unspecified atom stereocenters. The minimum absolute atomic E-state index is 0.270. The molecule has 3 rings (SSSR count). The molecule has 0 radical (unpaired) electrons. The Balaban J connectivity index is 2.36. The second kappa shape index (κ2) is 3.30. The number of benzene rings is 1. The van der Waals surface area contributed by atoms with E-state index in [1.54, 1.807) is 12.3 Å². The van der Waals surface area contributed by atoms with Gasteiger partial charge >= 0.3 is 5.76 Å². The molecule has 0 saturated heterocycles. The van der Waals surface area contributed by atoms with Crippen molar-refractivity contribution in [1.82, 2.24) is 14.5 Å². The number of aromatic nitrogens is 3. The Kier molecular flexibility index (Phi) is 1.83. The van der Waals surface area contributed by atoms with Gasteiger partial charge in [0.05, 0.1) is 5.69 Å². The first-order valence-corrected chi connectivity index (χ1v) is 4.75. The highest BCUT2D eigenvalue weighted by Crippen LogP contribution is 2.17. The first kappa shape index (κ1) is 8.84.